The van der Waals surface area contributed by atoms with Gasteiger partial charge in [-0.2, -0.15) is 0 Å². The number of benzene rings is 2. The summed E-state index contributed by atoms with van der Waals surface area (Å²) in [6, 6.07) is 21.8. The minimum atomic E-state index is -0.132. The van der Waals surface area contributed by atoms with Crippen molar-refractivity contribution in [2.75, 3.05) is 0 Å². The zero-order chi connectivity index (χ0) is 17.2. The molecule has 26 heavy (non-hydrogen) atoms. The predicted molar refractivity (Wildman–Crippen MR) is 108 cm³/mol. The zero-order valence-electron chi connectivity index (χ0n) is 14.0. The third-order valence-corrected chi connectivity index (χ3v) is 4.30. The van der Waals surface area contributed by atoms with Crippen molar-refractivity contribution in [2.45, 2.75) is 6.54 Å². The average molecular weight is 364 g/mol. The first-order chi connectivity index (χ1) is 12.3. The van der Waals surface area contributed by atoms with Crippen molar-refractivity contribution in [1.82, 2.24) is 9.97 Å². The number of aromatic nitrogens is 2. The van der Waals surface area contributed by atoms with Crippen LogP contribution in [0.4, 0.5) is 0 Å². The van der Waals surface area contributed by atoms with E-state index in [9.17, 15) is 4.79 Å². The Morgan fingerprint density at radius 2 is 1.65 bits per heavy atom. The SMILES string of the molecule is Cl.NCc1ccc(-c2nc3cc[nH]c(=O)c3cc2-c2ccccc2)cc1. The molecule has 0 atom stereocenters. The molecule has 0 amide bonds. The summed E-state index contributed by atoms with van der Waals surface area (Å²) in [6.07, 6.45) is 1.63. The van der Waals surface area contributed by atoms with Crippen LogP contribution in [0.1, 0.15) is 5.56 Å². The fourth-order valence-corrected chi connectivity index (χ4v) is 2.97. The second kappa shape index (κ2) is 7.52. The lowest BCUT2D eigenvalue weighted by Crippen LogP contribution is -2.06. The maximum atomic E-state index is 12.2. The van der Waals surface area contributed by atoms with Crippen LogP contribution in [0.3, 0.4) is 0 Å². The van der Waals surface area contributed by atoms with E-state index in [4.69, 9.17) is 10.7 Å². The topological polar surface area (TPSA) is 71.8 Å². The molecule has 0 saturated carbocycles. The Labute approximate surface area is 157 Å². The number of rotatable bonds is 3. The van der Waals surface area contributed by atoms with Crippen LogP contribution in [0.15, 0.2) is 77.7 Å². The minimum absolute atomic E-state index is 0. The number of halogens is 1. The van der Waals surface area contributed by atoms with Gasteiger partial charge in [0.25, 0.3) is 5.56 Å². The highest BCUT2D eigenvalue weighted by Crippen LogP contribution is 2.32. The Hall–Kier alpha value is -2.95. The molecule has 2 aromatic heterocycles. The molecule has 130 valence electrons. The van der Waals surface area contributed by atoms with Gasteiger partial charge < -0.3 is 10.7 Å². The minimum Gasteiger partial charge on any atom is -0.328 e. The molecule has 5 heteroatoms. The van der Waals surface area contributed by atoms with E-state index in [1.807, 2.05) is 66.7 Å². The number of nitrogens with two attached hydrogens (primary N) is 1. The van der Waals surface area contributed by atoms with Crippen LogP contribution in [0, 0.1) is 0 Å². The maximum absolute atomic E-state index is 12.2. The van der Waals surface area contributed by atoms with E-state index in [1.165, 1.54) is 0 Å². The van der Waals surface area contributed by atoms with Gasteiger partial charge in [-0.15, -0.1) is 12.4 Å². The van der Waals surface area contributed by atoms with Crippen molar-refractivity contribution in [3.05, 3.63) is 88.8 Å². The van der Waals surface area contributed by atoms with Crippen LogP contribution in [0.5, 0.6) is 0 Å². The molecule has 0 fully saturated rings. The van der Waals surface area contributed by atoms with Gasteiger partial charge in [0.2, 0.25) is 0 Å². The fraction of sp³-hybridized carbons (Fsp3) is 0.0476. The molecule has 0 saturated heterocycles. The molecule has 0 radical (unpaired) electrons. The molecule has 0 bridgehead atoms. The monoisotopic (exact) mass is 363 g/mol. The summed E-state index contributed by atoms with van der Waals surface area (Å²) in [4.78, 5) is 19.7. The Morgan fingerprint density at radius 3 is 2.35 bits per heavy atom. The molecule has 0 aliphatic rings. The van der Waals surface area contributed by atoms with Crippen molar-refractivity contribution >= 4 is 23.3 Å². The fourth-order valence-electron chi connectivity index (χ4n) is 2.97. The van der Waals surface area contributed by atoms with Gasteiger partial charge in [-0.1, -0.05) is 54.6 Å². The molecule has 0 aliphatic carbocycles. The van der Waals surface area contributed by atoms with E-state index < -0.39 is 0 Å². The molecule has 2 heterocycles. The van der Waals surface area contributed by atoms with Gasteiger partial charge in [0.15, 0.2) is 0 Å². The summed E-state index contributed by atoms with van der Waals surface area (Å²) in [6.45, 7) is 0.506. The van der Waals surface area contributed by atoms with E-state index in [0.717, 1.165) is 27.9 Å². The molecule has 2 aromatic carbocycles. The van der Waals surface area contributed by atoms with Crippen LogP contribution in [-0.2, 0) is 6.54 Å². The van der Waals surface area contributed by atoms with Gasteiger partial charge in [0.05, 0.1) is 16.6 Å². The lowest BCUT2D eigenvalue weighted by atomic mass is 9.97. The van der Waals surface area contributed by atoms with E-state index >= 15 is 0 Å². The summed E-state index contributed by atoms with van der Waals surface area (Å²) in [5.41, 5.74) is 11.1. The number of pyridine rings is 2. The van der Waals surface area contributed by atoms with Crippen molar-refractivity contribution in [2.24, 2.45) is 5.73 Å². The van der Waals surface area contributed by atoms with Crippen molar-refractivity contribution < 1.29 is 0 Å². The number of nitrogens with zero attached hydrogens (tertiary/aromatic N) is 1. The highest BCUT2D eigenvalue weighted by atomic mass is 35.5. The second-order valence-corrected chi connectivity index (χ2v) is 5.89. The zero-order valence-corrected chi connectivity index (χ0v) is 14.8. The summed E-state index contributed by atoms with van der Waals surface area (Å²) >= 11 is 0. The van der Waals surface area contributed by atoms with Gasteiger partial charge in [-0.25, -0.2) is 4.98 Å². The lowest BCUT2D eigenvalue weighted by Gasteiger charge is -2.11. The standard InChI is InChI=1S/C21H17N3O.ClH/c22-13-14-6-8-16(9-7-14)20-17(15-4-2-1-3-5-15)12-18-19(24-20)10-11-23-21(18)25;/h1-12H,13,22H2,(H,23,25);1H. The predicted octanol–water partition coefficient (Wildman–Crippen LogP) is 4.14. The van der Waals surface area contributed by atoms with E-state index in [-0.39, 0.29) is 18.0 Å². The lowest BCUT2D eigenvalue weighted by molar-refractivity contribution is 1.07. The van der Waals surface area contributed by atoms with Gasteiger partial charge in [0.1, 0.15) is 0 Å². The summed E-state index contributed by atoms with van der Waals surface area (Å²) in [5, 5.41) is 0.587. The summed E-state index contributed by atoms with van der Waals surface area (Å²) in [7, 11) is 0. The number of aromatic amines is 1. The third-order valence-electron chi connectivity index (χ3n) is 4.30. The van der Waals surface area contributed by atoms with Crippen LogP contribution in [0.25, 0.3) is 33.3 Å². The number of hydrogen-bond acceptors (Lipinski definition) is 3. The average Bonchev–Trinajstić information content (AvgIpc) is 2.68. The summed E-state index contributed by atoms with van der Waals surface area (Å²) < 4.78 is 0. The highest BCUT2D eigenvalue weighted by Gasteiger charge is 2.12. The highest BCUT2D eigenvalue weighted by molar-refractivity contribution is 5.91. The normalized spacial score (nSPS) is 10.5. The van der Waals surface area contributed by atoms with Gasteiger partial charge in [-0.3, -0.25) is 4.79 Å². The maximum Gasteiger partial charge on any atom is 0.257 e. The Bertz CT molecular complexity index is 1090. The Kier molecular flexibility index (Phi) is 5.16. The number of H-pyrrole nitrogens is 1. The van der Waals surface area contributed by atoms with E-state index in [2.05, 4.69) is 4.98 Å². The van der Waals surface area contributed by atoms with Crippen LogP contribution in [-0.4, -0.2) is 9.97 Å². The number of hydrogen-bond donors (Lipinski definition) is 2. The quantitative estimate of drug-likeness (QED) is 0.574. The molecule has 4 rings (SSSR count). The van der Waals surface area contributed by atoms with Crippen molar-refractivity contribution in [3.8, 4) is 22.4 Å². The third kappa shape index (κ3) is 3.25. The first kappa shape index (κ1) is 17.9. The molecule has 0 spiro atoms. The van der Waals surface area contributed by atoms with Crippen LogP contribution in [0.2, 0.25) is 0 Å². The molecule has 3 N–H and O–H groups in total. The first-order valence-corrected chi connectivity index (χ1v) is 8.13. The Balaban J connectivity index is 0.00000196. The molecular formula is C21H18ClN3O. The van der Waals surface area contributed by atoms with Crippen molar-refractivity contribution in [1.29, 1.82) is 0 Å². The number of fused-ring (bicyclic) bond motifs is 1. The second-order valence-electron chi connectivity index (χ2n) is 5.89. The van der Waals surface area contributed by atoms with Crippen LogP contribution >= 0.6 is 12.4 Å². The smallest absolute Gasteiger partial charge is 0.257 e. The molecule has 0 aliphatic heterocycles. The van der Waals surface area contributed by atoms with Crippen LogP contribution < -0.4 is 11.3 Å². The van der Waals surface area contributed by atoms with Gasteiger partial charge in [0, 0.05) is 23.9 Å². The molecule has 4 nitrogen and oxygen atoms in total. The largest absolute Gasteiger partial charge is 0.328 e. The van der Waals surface area contributed by atoms with Crippen molar-refractivity contribution in [3.63, 3.8) is 0 Å². The molecule has 0 unspecified atom stereocenters. The van der Waals surface area contributed by atoms with Gasteiger partial charge >= 0.3 is 0 Å². The van der Waals surface area contributed by atoms with E-state index in [0.29, 0.717) is 17.4 Å². The number of nitrogens with one attached hydrogen (secondary N) is 1. The van der Waals surface area contributed by atoms with E-state index in [1.54, 1.807) is 6.20 Å². The Morgan fingerprint density at radius 1 is 0.923 bits per heavy atom. The molecule has 4 aromatic rings. The first-order valence-electron chi connectivity index (χ1n) is 8.13. The molecular weight excluding hydrogens is 346 g/mol. The summed E-state index contributed by atoms with van der Waals surface area (Å²) in [5.74, 6) is 0. The van der Waals surface area contributed by atoms with Gasteiger partial charge in [-0.05, 0) is 23.3 Å².